The highest BCUT2D eigenvalue weighted by atomic mass is 79.9. The van der Waals surface area contributed by atoms with Gasteiger partial charge in [-0.25, -0.2) is 4.98 Å². The van der Waals surface area contributed by atoms with E-state index in [2.05, 4.69) is 36.2 Å². The van der Waals surface area contributed by atoms with E-state index >= 15 is 0 Å². The molecule has 0 aliphatic heterocycles. The van der Waals surface area contributed by atoms with Crippen LogP contribution >= 0.6 is 27.3 Å². The lowest BCUT2D eigenvalue weighted by Gasteiger charge is -2.17. The van der Waals surface area contributed by atoms with Crippen LogP contribution in [0, 0.1) is 0 Å². The fourth-order valence-corrected chi connectivity index (χ4v) is 2.16. The Morgan fingerprint density at radius 2 is 2.33 bits per heavy atom. The molecule has 0 atom stereocenters. The zero-order valence-corrected chi connectivity index (χ0v) is 10.6. The van der Waals surface area contributed by atoms with Crippen LogP contribution < -0.4 is 4.90 Å². The number of hydrogen-bond acceptors (Lipinski definition) is 4. The van der Waals surface area contributed by atoms with Gasteiger partial charge in [-0.15, -0.1) is 11.3 Å². The Kier molecular flexibility index (Phi) is 3.33. The van der Waals surface area contributed by atoms with Gasteiger partial charge in [0.2, 0.25) is 0 Å². The number of rotatable bonds is 3. The number of aromatic nitrogens is 2. The van der Waals surface area contributed by atoms with Gasteiger partial charge in [-0.1, -0.05) is 0 Å². The first-order valence-electron chi connectivity index (χ1n) is 4.44. The summed E-state index contributed by atoms with van der Waals surface area (Å²) in [6.45, 7) is 0.807. The molecule has 0 N–H and O–H groups in total. The molecule has 0 aliphatic carbocycles. The smallest absolute Gasteiger partial charge is 0.0795 e. The SMILES string of the molecule is CN(Cc1cscn1)c1cncc(Br)c1. The fourth-order valence-electron chi connectivity index (χ4n) is 1.26. The summed E-state index contributed by atoms with van der Waals surface area (Å²) in [6, 6.07) is 2.04. The molecule has 0 aliphatic rings. The Bertz CT molecular complexity index is 430. The highest BCUT2D eigenvalue weighted by Gasteiger charge is 2.04. The van der Waals surface area contributed by atoms with Crippen LogP contribution in [0.5, 0.6) is 0 Å². The molecule has 15 heavy (non-hydrogen) atoms. The lowest BCUT2D eigenvalue weighted by molar-refractivity contribution is 0.890. The molecule has 0 fully saturated rings. The van der Waals surface area contributed by atoms with Crippen molar-refractivity contribution in [3.05, 3.63) is 39.5 Å². The number of thiazole rings is 1. The van der Waals surface area contributed by atoms with E-state index in [-0.39, 0.29) is 0 Å². The summed E-state index contributed by atoms with van der Waals surface area (Å²) < 4.78 is 0.991. The molecule has 0 unspecified atom stereocenters. The Hall–Kier alpha value is -0.940. The van der Waals surface area contributed by atoms with Crippen molar-refractivity contribution < 1.29 is 0 Å². The van der Waals surface area contributed by atoms with E-state index in [9.17, 15) is 0 Å². The summed E-state index contributed by atoms with van der Waals surface area (Å²) in [5, 5.41) is 2.06. The zero-order valence-electron chi connectivity index (χ0n) is 8.22. The van der Waals surface area contributed by atoms with Crippen molar-refractivity contribution in [2.45, 2.75) is 6.54 Å². The van der Waals surface area contributed by atoms with Crippen molar-refractivity contribution >= 4 is 33.0 Å². The predicted octanol–water partition coefficient (Wildman–Crippen LogP) is 2.94. The first-order valence-corrected chi connectivity index (χ1v) is 6.18. The molecule has 0 saturated carbocycles. The molecule has 2 aromatic rings. The van der Waals surface area contributed by atoms with Gasteiger partial charge in [-0.3, -0.25) is 4.98 Å². The summed E-state index contributed by atoms with van der Waals surface area (Å²) in [4.78, 5) is 10.5. The second-order valence-electron chi connectivity index (χ2n) is 3.20. The third-order valence-corrected chi connectivity index (χ3v) is 3.08. The van der Waals surface area contributed by atoms with Crippen LogP contribution in [0.1, 0.15) is 5.69 Å². The third-order valence-electron chi connectivity index (χ3n) is 2.01. The molecule has 2 aromatic heterocycles. The molecule has 0 amide bonds. The van der Waals surface area contributed by atoms with Gasteiger partial charge in [-0.2, -0.15) is 0 Å². The van der Waals surface area contributed by atoms with E-state index in [0.717, 1.165) is 22.4 Å². The van der Waals surface area contributed by atoms with Gasteiger partial charge in [-0.05, 0) is 22.0 Å². The monoisotopic (exact) mass is 283 g/mol. The summed E-state index contributed by atoms with van der Waals surface area (Å²) in [5.41, 5.74) is 4.02. The highest BCUT2D eigenvalue weighted by Crippen LogP contribution is 2.18. The molecule has 5 heteroatoms. The van der Waals surface area contributed by atoms with Crippen molar-refractivity contribution in [1.29, 1.82) is 0 Å². The lowest BCUT2D eigenvalue weighted by Crippen LogP contribution is -2.16. The van der Waals surface area contributed by atoms with Gasteiger partial charge >= 0.3 is 0 Å². The first kappa shape index (κ1) is 10.6. The maximum atomic E-state index is 4.25. The van der Waals surface area contributed by atoms with Crippen molar-refractivity contribution in [3.63, 3.8) is 0 Å². The fraction of sp³-hybridized carbons (Fsp3) is 0.200. The number of hydrogen-bond donors (Lipinski definition) is 0. The predicted molar refractivity (Wildman–Crippen MR) is 66.2 cm³/mol. The number of anilines is 1. The van der Waals surface area contributed by atoms with E-state index in [1.807, 2.05) is 24.8 Å². The minimum Gasteiger partial charge on any atom is -0.367 e. The minimum atomic E-state index is 0.807. The van der Waals surface area contributed by atoms with E-state index < -0.39 is 0 Å². The van der Waals surface area contributed by atoms with Gasteiger partial charge in [0.25, 0.3) is 0 Å². The molecule has 0 aromatic carbocycles. The van der Waals surface area contributed by atoms with Crippen LogP contribution in [0.3, 0.4) is 0 Å². The Balaban J connectivity index is 2.11. The lowest BCUT2D eigenvalue weighted by atomic mass is 10.3. The van der Waals surface area contributed by atoms with E-state index in [4.69, 9.17) is 0 Å². The summed E-state index contributed by atoms with van der Waals surface area (Å²) in [7, 11) is 2.03. The summed E-state index contributed by atoms with van der Waals surface area (Å²) >= 11 is 5.02. The van der Waals surface area contributed by atoms with Crippen LogP contribution in [0.15, 0.2) is 33.8 Å². The van der Waals surface area contributed by atoms with Crippen LogP contribution in [0.25, 0.3) is 0 Å². The summed E-state index contributed by atoms with van der Waals surface area (Å²) in [6.07, 6.45) is 3.62. The zero-order chi connectivity index (χ0) is 10.7. The van der Waals surface area contributed by atoms with E-state index in [1.54, 1.807) is 17.5 Å². The molecular formula is C10H10BrN3S. The van der Waals surface area contributed by atoms with Crippen LogP contribution in [-0.2, 0) is 6.54 Å². The average Bonchev–Trinajstić information content (AvgIpc) is 2.70. The largest absolute Gasteiger partial charge is 0.367 e. The molecule has 2 rings (SSSR count). The standard InChI is InChI=1S/C10H10BrN3S/c1-14(5-9-6-15-7-13-9)10-2-8(11)3-12-4-10/h2-4,6-7H,5H2,1H3. The molecule has 78 valence electrons. The van der Waals surface area contributed by atoms with Crippen molar-refractivity contribution in [1.82, 2.24) is 9.97 Å². The van der Waals surface area contributed by atoms with Crippen molar-refractivity contribution in [3.8, 4) is 0 Å². The molecule has 0 radical (unpaired) electrons. The molecule has 0 spiro atoms. The number of pyridine rings is 1. The maximum absolute atomic E-state index is 4.25. The van der Waals surface area contributed by atoms with Gasteiger partial charge in [0.1, 0.15) is 0 Å². The van der Waals surface area contributed by atoms with Gasteiger partial charge in [0, 0.05) is 23.1 Å². The Morgan fingerprint density at radius 1 is 1.47 bits per heavy atom. The third kappa shape index (κ3) is 2.76. The molecule has 3 nitrogen and oxygen atoms in total. The van der Waals surface area contributed by atoms with Crippen molar-refractivity contribution in [2.24, 2.45) is 0 Å². The van der Waals surface area contributed by atoms with Crippen LogP contribution in [0.4, 0.5) is 5.69 Å². The second kappa shape index (κ2) is 4.72. The second-order valence-corrected chi connectivity index (χ2v) is 4.83. The molecule has 0 saturated heterocycles. The van der Waals surface area contributed by atoms with Crippen LogP contribution in [0.2, 0.25) is 0 Å². The highest BCUT2D eigenvalue weighted by molar-refractivity contribution is 9.10. The maximum Gasteiger partial charge on any atom is 0.0795 e. The van der Waals surface area contributed by atoms with Crippen molar-refractivity contribution in [2.75, 3.05) is 11.9 Å². The topological polar surface area (TPSA) is 29.0 Å². The van der Waals surface area contributed by atoms with E-state index in [0.29, 0.717) is 0 Å². The Labute approximate surface area is 101 Å². The number of halogens is 1. The first-order chi connectivity index (χ1) is 7.25. The average molecular weight is 284 g/mol. The Morgan fingerprint density at radius 3 is 3.00 bits per heavy atom. The minimum absolute atomic E-state index is 0.807. The number of nitrogens with zero attached hydrogens (tertiary/aromatic N) is 3. The molecule has 2 heterocycles. The molecular weight excluding hydrogens is 274 g/mol. The normalized spacial score (nSPS) is 10.3. The van der Waals surface area contributed by atoms with Gasteiger partial charge < -0.3 is 4.90 Å². The quantitative estimate of drug-likeness (QED) is 0.867. The van der Waals surface area contributed by atoms with Gasteiger partial charge in [0.15, 0.2) is 0 Å². The summed E-state index contributed by atoms with van der Waals surface area (Å²) in [5.74, 6) is 0. The van der Waals surface area contributed by atoms with Gasteiger partial charge in [0.05, 0.1) is 29.6 Å². The molecule has 0 bridgehead atoms. The van der Waals surface area contributed by atoms with Crippen LogP contribution in [-0.4, -0.2) is 17.0 Å². The van der Waals surface area contributed by atoms with E-state index in [1.165, 1.54) is 0 Å².